The molecule has 1 aliphatic carbocycles. The second kappa shape index (κ2) is 3.38. The topological polar surface area (TPSA) is 12.0 Å². The molecule has 2 unspecified atom stereocenters. The molecule has 1 N–H and O–H groups in total. The minimum Gasteiger partial charge on any atom is -0.317 e. The normalized spacial score (nSPS) is 41.7. The van der Waals surface area contributed by atoms with E-state index >= 15 is 0 Å². The van der Waals surface area contributed by atoms with Gasteiger partial charge in [0.25, 0.3) is 0 Å². The second-order valence-electron chi connectivity index (χ2n) is 3.75. The van der Waals surface area contributed by atoms with E-state index in [2.05, 4.69) is 26.2 Å². The molecule has 60 valence electrons. The van der Waals surface area contributed by atoms with Gasteiger partial charge in [0.1, 0.15) is 0 Å². The molecule has 1 aliphatic rings. The van der Waals surface area contributed by atoms with E-state index in [9.17, 15) is 0 Å². The molecule has 0 amide bonds. The van der Waals surface area contributed by atoms with Crippen molar-refractivity contribution in [3.8, 4) is 0 Å². The van der Waals surface area contributed by atoms with Gasteiger partial charge in [0, 0.05) is 6.04 Å². The van der Waals surface area contributed by atoms with Crippen LogP contribution in [0.1, 0.15) is 33.1 Å². The lowest BCUT2D eigenvalue weighted by atomic mass is 9.79. The predicted molar refractivity (Wildman–Crippen MR) is 45.0 cm³/mol. The number of hydrogen-bond acceptors (Lipinski definition) is 1. The highest BCUT2D eigenvalue weighted by Gasteiger charge is 2.22. The molecule has 1 fully saturated rings. The zero-order valence-electron chi connectivity index (χ0n) is 7.35. The van der Waals surface area contributed by atoms with Crippen molar-refractivity contribution in [1.29, 1.82) is 0 Å². The summed E-state index contributed by atoms with van der Waals surface area (Å²) in [6.07, 6.45) is 4.16. The van der Waals surface area contributed by atoms with Crippen molar-refractivity contribution in [1.82, 2.24) is 5.32 Å². The Balaban J connectivity index is 2.33. The minimum absolute atomic E-state index is 0.797. The summed E-state index contributed by atoms with van der Waals surface area (Å²) in [7, 11) is 2.08. The first-order valence-electron chi connectivity index (χ1n) is 4.41. The summed E-state index contributed by atoms with van der Waals surface area (Å²) in [5, 5.41) is 3.35. The van der Waals surface area contributed by atoms with Gasteiger partial charge in [0.15, 0.2) is 0 Å². The maximum absolute atomic E-state index is 3.35. The van der Waals surface area contributed by atoms with Crippen LogP contribution in [0, 0.1) is 11.8 Å². The zero-order chi connectivity index (χ0) is 7.56. The Morgan fingerprint density at radius 2 is 1.80 bits per heavy atom. The van der Waals surface area contributed by atoms with Crippen molar-refractivity contribution in [2.24, 2.45) is 11.8 Å². The second-order valence-corrected chi connectivity index (χ2v) is 3.75. The number of hydrogen-bond donors (Lipinski definition) is 1. The van der Waals surface area contributed by atoms with Crippen LogP contribution in [0.25, 0.3) is 0 Å². The molecular formula is C9H19N. The van der Waals surface area contributed by atoms with Crippen LogP contribution < -0.4 is 5.32 Å². The van der Waals surface area contributed by atoms with Gasteiger partial charge in [-0.3, -0.25) is 0 Å². The van der Waals surface area contributed by atoms with Crippen molar-refractivity contribution < 1.29 is 0 Å². The van der Waals surface area contributed by atoms with E-state index in [1.54, 1.807) is 0 Å². The predicted octanol–water partition coefficient (Wildman–Crippen LogP) is 2.03. The highest BCUT2D eigenvalue weighted by molar-refractivity contribution is 4.78. The van der Waals surface area contributed by atoms with Gasteiger partial charge in [-0.15, -0.1) is 0 Å². The van der Waals surface area contributed by atoms with Crippen LogP contribution in [0.5, 0.6) is 0 Å². The van der Waals surface area contributed by atoms with E-state index in [0.29, 0.717) is 0 Å². The van der Waals surface area contributed by atoms with Crippen LogP contribution in [0.15, 0.2) is 0 Å². The first-order valence-corrected chi connectivity index (χ1v) is 4.41. The number of nitrogens with one attached hydrogen (secondary N) is 1. The third-order valence-electron chi connectivity index (χ3n) is 3.01. The van der Waals surface area contributed by atoms with Crippen molar-refractivity contribution >= 4 is 0 Å². The van der Waals surface area contributed by atoms with Gasteiger partial charge < -0.3 is 5.32 Å². The molecule has 0 saturated heterocycles. The SMILES string of the molecule is CN[C@@H]1CCC(C)C(C)C1. The Hall–Kier alpha value is -0.0400. The molecule has 0 radical (unpaired) electrons. The molecule has 1 nitrogen and oxygen atoms in total. The van der Waals surface area contributed by atoms with Crippen molar-refractivity contribution in [3.05, 3.63) is 0 Å². The summed E-state index contributed by atoms with van der Waals surface area (Å²) in [6, 6.07) is 0.797. The highest BCUT2D eigenvalue weighted by atomic mass is 14.9. The third kappa shape index (κ3) is 1.72. The molecule has 3 atom stereocenters. The standard InChI is InChI=1S/C9H19N/c1-7-4-5-9(10-3)6-8(7)2/h7-10H,4-6H2,1-3H3/t7?,8?,9-/m1/s1. The maximum atomic E-state index is 3.35. The van der Waals surface area contributed by atoms with Crippen LogP contribution in [-0.4, -0.2) is 13.1 Å². The van der Waals surface area contributed by atoms with E-state index in [-0.39, 0.29) is 0 Å². The highest BCUT2D eigenvalue weighted by Crippen LogP contribution is 2.28. The summed E-state index contributed by atoms with van der Waals surface area (Å²) in [5.74, 6) is 1.87. The molecule has 1 rings (SSSR count). The van der Waals surface area contributed by atoms with Gasteiger partial charge in [0.05, 0.1) is 0 Å². The van der Waals surface area contributed by atoms with Crippen LogP contribution in [-0.2, 0) is 0 Å². The molecule has 0 bridgehead atoms. The summed E-state index contributed by atoms with van der Waals surface area (Å²) in [6.45, 7) is 4.74. The maximum Gasteiger partial charge on any atom is 0.00668 e. The average Bonchev–Trinajstić information content (AvgIpc) is 1.95. The van der Waals surface area contributed by atoms with Gasteiger partial charge in [0.2, 0.25) is 0 Å². The van der Waals surface area contributed by atoms with Gasteiger partial charge in [-0.2, -0.15) is 0 Å². The van der Waals surface area contributed by atoms with Crippen LogP contribution in [0.2, 0.25) is 0 Å². The Bertz CT molecular complexity index is 101. The fourth-order valence-electron chi connectivity index (χ4n) is 1.81. The fourth-order valence-corrected chi connectivity index (χ4v) is 1.81. The average molecular weight is 141 g/mol. The van der Waals surface area contributed by atoms with E-state index < -0.39 is 0 Å². The lowest BCUT2D eigenvalue weighted by Crippen LogP contribution is -2.33. The summed E-state index contributed by atoms with van der Waals surface area (Å²) in [5.41, 5.74) is 0. The Kier molecular flexibility index (Phi) is 2.72. The van der Waals surface area contributed by atoms with Crippen molar-refractivity contribution in [3.63, 3.8) is 0 Å². The smallest absolute Gasteiger partial charge is 0.00668 e. The first kappa shape index (κ1) is 8.06. The number of rotatable bonds is 1. The van der Waals surface area contributed by atoms with Crippen LogP contribution >= 0.6 is 0 Å². The Morgan fingerprint density at radius 3 is 2.30 bits per heavy atom. The van der Waals surface area contributed by atoms with Gasteiger partial charge >= 0.3 is 0 Å². The lowest BCUT2D eigenvalue weighted by molar-refractivity contribution is 0.233. The summed E-state index contributed by atoms with van der Waals surface area (Å²) in [4.78, 5) is 0. The van der Waals surface area contributed by atoms with Gasteiger partial charge in [-0.25, -0.2) is 0 Å². The Morgan fingerprint density at radius 1 is 1.10 bits per heavy atom. The molecule has 0 aliphatic heterocycles. The third-order valence-corrected chi connectivity index (χ3v) is 3.01. The molecule has 10 heavy (non-hydrogen) atoms. The monoisotopic (exact) mass is 141 g/mol. The zero-order valence-corrected chi connectivity index (χ0v) is 7.35. The summed E-state index contributed by atoms with van der Waals surface area (Å²) >= 11 is 0. The molecule has 0 aromatic heterocycles. The quantitative estimate of drug-likeness (QED) is 0.589. The van der Waals surface area contributed by atoms with Crippen LogP contribution in [0.4, 0.5) is 0 Å². The molecule has 1 saturated carbocycles. The van der Waals surface area contributed by atoms with Crippen LogP contribution in [0.3, 0.4) is 0 Å². The molecule has 0 aromatic carbocycles. The van der Waals surface area contributed by atoms with Gasteiger partial charge in [-0.1, -0.05) is 13.8 Å². The molecule has 0 heterocycles. The van der Waals surface area contributed by atoms with E-state index in [4.69, 9.17) is 0 Å². The van der Waals surface area contributed by atoms with E-state index in [0.717, 1.165) is 17.9 Å². The largest absolute Gasteiger partial charge is 0.317 e. The minimum atomic E-state index is 0.797. The van der Waals surface area contributed by atoms with Gasteiger partial charge in [-0.05, 0) is 38.1 Å². The fraction of sp³-hybridized carbons (Fsp3) is 1.00. The van der Waals surface area contributed by atoms with E-state index in [1.165, 1.54) is 19.3 Å². The van der Waals surface area contributed by atoms with E-state index in [1.807, 2.05) is 0 Å². The molecule has 0 aromatic rings. The van der Waals surface area contributed by atoms with Crippen molar-refractivity contribution in [2.75, 3.05) is 7.05 Å². The van der Waals surface area contributed by atoms with Crippen molar-refractivity contribution in [2.45, 2.75) is 39.2 Å². The molecular weight excluding hydrogens is 122 g/mol. The molecule has 1 heteroatoms. The Labute approximate surface area is 64.2 Å². The summed E-state index contributed by atoms with van der Waals surface area (Å²) < 4.78 is 0. The molecule has 0 spiro atoms. The lowest BCUT2D eigenvalue weighted by Gasteiger charge is -2.31. The first-order chi connectivity index (χ1) is 4.74.